The monoisotopic (exact) mass is 497 g/mol. The zero-order valence-corrected chi connectivity index (χ0v) is 21.8. The lowest BCUT2D eigenvalue weighted by Gasteiger charge is -2.32. The minimum absolute atomic E-state index is 0.117. The highest BCUT2D eigenvalue weighted by Gasteiger charge is 2.21. The number of hydrogen-bond donors (Lipinski definition) is 2. The maximum Gasteiger partial charge on any atom is 0.295 e. The molecule has 0 aliphatic carbocycles. The first-order valence-corrected chi connectivity index (χ1v) is 13.0. The number of likely N-dealkylation sites (tertiary alicyclic amines) is 1. The summed E-state index contributed by atoms with van der Waals surface area (Å²) in [5.74, 6) is 2.44. The van der Waals surface area contributed by atoms with Crippen LogP contribution in [0.25, 0.3) is 11.1 Å². The zero-order chi connectivity index (χ0) is 25.5. The number of aliphatic hydroxyl groups excluding tert-OH is 1. The number of oxazole rings is 1. The van der Waals surface area contributed by atoms with Crippen molar-refractivity contribution in [3.05, 3.63) is 42.0 Å². The fourth-order valence-corrected chi connectivity index (χ4v) is 4.38. The van der Waals surface area contributed by atoms with Gasteiger partial charge in [0, 0.05) is 50.8 Å². The molecule has 8 nitrogen and oxygen atoms in total. The number of nitrogens with one attached hydrogen (secondary N) is 1. The van der Waals surface area contributed by atoms with Crippen molar-refractivity contribution < 1.29 is 23.7 Å². The predicted octanol–water partition coefficient (Wildman–Crippen LogP) is 5.24. The van der Waals surface area contributed by atoms with E-state index in [9.17, 15) is 0 Å². The van der Waals surface area contributed by atoms with E-state index in [0.717, 1.165) is 60.8 Å². The van der Waals surface area contributed by atoms with Crippen LogP contribution in [0.5, 0.6) is 17.2 Å². The molecule has 1 aliphatic heterocycles. The average molecular weight is 498 g/mol. The summed E-state index contributed by atoms with van der Waals surface area (Å²) in [7, 11) is 0. The number of anilines is 1. The average Bonchev–Trinajstić information content (AvgIpc) is 3.21. The van der Waals surface area contributed by atoms with Crippen LogP contribution in [0.1, 0.15) is 52.5 Å². The highest BCUT2D eigenvalue weighted by molar-refractivity contribution is 5.76. The van der Waals surface area contributed by atoms with Crippen LogP contribution in [0, 0.1) is 0 Å². The number of fused-ring (bicyclic) bond motifs is 1. The minimum atomic E-state index is 0.117. The van der Waals surface area contributed by atoms with Gasteiger partial charge in [-0.15, -0.1) is 0 Å². The molecule has 8 heteroatoms. The number of aromatic nitrogens is 1. The van der Waals surface area contributed by atoms with Crippen molar-refractivity contribution in [2.75, 3.05) is 31.6 Å². The molecule has 2 heterocycles. The molecule has 4 rings (SSSR count). The Bertz CT molecular complexity index is 1080. The zero-order valence-electron chi connectivity index (χ0n) is 21.8. The maximum atomic E-state index is 8.92. The van der Waals surface area contributed by atoms with Gasteiger partial charge in [0.05, 0.1) is 18.8 Å². The maximum absolute atomic E-state index is 8.92. The lowest BCUT2D eigenvalue weighted by molar-refractivity contribution is 0.207. The Balaban J connectivity index is 1.32. The van der Waals surface area contributed by atoms with Crippen molar-refractivity contribution in [3.63, 3.8) is 0 Å². The smallest absolute Gasteiger partial charge is 0.295 e. The van der Waals surface area contributed by atoms with Gasteiger partial charge in [0.2, 0.25) is 0 Å². The van der Waals surface area contributed by atoms with Gasteiger partial charge in [0.25, 0.3) is 6.01 Å². The molecule has 1 aliphatic rings. The molecular formula is C28H39N3O5. The Morgan fingerprint density at radius 1 is 1.00 bits per heavy atom. The quantitative estimate of drug-likeness (QED) is 0.329. The number of nitrogens with zero attached hydrogens (tertiary/aromatic N) is 2. The third-order valence-electron chi connectivity index (χ3n) is 5.93. The summed E-state index contributed by atoms with van der Waals surface area (Å²) in [5.41, 5.74) is 2.69. The topological polar surface area (TPSA) is 89.2 Å². The van der Waals surface area contributed by atoms with Crippen molar-refractivity contribution in [2.24, 2.45) is 0 Å². The van der Waals surface area contributed by atoms with Crippen molar-refractivity contribution in [1.82, 2.24) is 9.88 Å². The normalized spacial score (nSPS) is 15.1. The Morgan fingerprint density at radius 2 is 1.69 bits per heavy atom. The summed E-state index contributed by atoms with van der Waals surface area (Å²) in [6.45, 7) is 11.6. The standard InChI is InChI=1S/C28H39N3O5/c1-19(2)34-24-14-21(15-25(16-24)35-20(3)4)18-31-10-8-22(9-11-31)29-28-30-26-17-23(33-13-5-12-32)6-7-27(26)36-28/h6-7,14-17,19-20,22,32H,5,8-13,18H2,1-4H3,(H,29,30). The van der Waals surface area contributed by atoms with Crippen LogP contribution in [0.2, 0.25) is 0 Å². The van der Waals surface area contributed by atoms with E-state index in [4.69, 9.17) is 23.7 Å². The third-order valence-corrected chi connectivity index (χ3v) is 5.93. The van der Waals surface area contributed by atoms with Crippen molar-refractivity contribution in [2.45, 2.75) is 71.8 Å². The van der Waals surface area contributed by atoms with Crippen LogP contribution in [-0.2, 0) is 6.54 Å². The van der Waals surface area contributed by atoms with E-state index < -0.39 is 0 Å². The van der Waals surface area contributed by atoms with Crippen LogP contribution >= 0.6 is 0 Å². The van der Waals surface area contributed by atoms with Crippen LogP contribution < -0.4 is 19.5 Å². The van der Waals surface area contributed by atoms with Crippen molar-refractivity contribution in [3.8, 4) is 17.2 Å². The molecule has 1 aromatic heterocycles. The summed E-state index contributed by atoms with van der Waals surface area (Å²) < 4.78 is 23.5. The first-order valence-electron chi connectivity index (χ1n) is 13.0. The highest BCUT2D eigenvalue weighted by atomic mass is 16.5. The van der Waals surface area contributed by atoms with Crippen molar-refractivity contribution >= 4 is 17.1 Å². The number of aliphatic hydroxyl groups is 1. The Hall–Kier alpha value is -2.97. The Labute approximate surface area is 213 Å². The van der Waals surface area contributed by atoms with Gasteiger partial charge >= 0.3 is 0 Å². The Morgan fingerprint density at radius 3 is 2.33 bits per heavy atom. The van der Waals surface area contributed by atoms with E-state index >= 15 is 0 Å². The summed E-state index contributed by atoms with van der Waals surface area (Å²) in [4.78, 5) is 7.07. The van der Waals surface area contributed by atoms with Crippen LogP contribution in [0.15, 0.2) is 40.8 Å². The first-order chi connectivity index (χ1) is 17.4. The van der Waals surface area contributed by atoms with Gasteiger partial charge in [-0.1, -0.05) is 0 Å². The molecule has 0 unspecified atom stereocenters. The van der Waals surface area contributed by atoms with Gasteiger partial charge in [-0.05, 0) is 70.4 Å². The predicted molar refractivity (Wildman–Crippen MR) is 141 cm³/mol. The minimum Gasteiger partial charge on any atom is -0.493 e. The second-order valence-corrected chi connectivity index (χ2v) is 9.91. The molecule has 2 N–H and O–H groups in total. The van der Waals surface area contributed by atoms with E-state index in [2.05, 4.69) is 27.3 Å². The molecule has 3 aromatic rings. The van der Waals surface area contributed by atoms with Gasteiger partial charge < -0.3 is 29.1 Å². The fourth-order valence-electron chi connectivity index (χ4n) is 4.38. The first kappa shape index (κ1) is 26.1. The van der Waals surface area contributed by atoms with Gasteiger partial charge in [0.15, 0.2) is 5.58 Å². The molecule has 36 heavy (non-hydrogen) atoms. The second kappa shape index (κ2) is 12.3. The number of rotatable bonds is 12. The number of hydrogen-bond acceptors (Lipinski definition) is 8. The Kier molecular flexibility index (Phi) is 8.93. The third kappa shape index (κ3) is 7.51. The number of benzene rings is 2. The fraction of sp³-hybridized carbons (Fsp3) is 0.536. The van der Waals surface area contributed by atoms with E-state index in [0.29, 0.717) is 25.1 Å². The van der Waals surface area contributed by atoms with E-state index in [1.165, 1.54) is 5.56 Å². The van der Waals surface area contributed by atoms with Crippen LogP contribution in [0.4, 0.5) is 6.01 Å². The van der Waals surface area contributed by atoms with Crippen molar-refractivity contribution in [1.29, 1.82) is 0 Å². The second-order valence-electron chi connectivity index (χ2n) is 9.91. The van der Waals surface area contributed by atoms with E-state index in [1.807, 2.05) is 52.0 Å². The number of ether oxygens (including phenoxy) is 3. The summed E-state index contributed by atoms with van der Waals surface area (Å²) >= 11 is 0. The molecule has 196 valence electrons. The lowest BCUT2D eigenvalue weighted by atomic mass is 10.0. The SMILES string of the molecule is CC(C)Oc1cc(CN2CCC(Nc3nc4cc(OCCCO)ccc4o3)CC2)cc(OC(C)C)c1. The summed E-state index contributed by atoms with van der Waals surface area (Å²) in [5, 5.41) is 12.4. The van der Waals surface area contributed by atoms with E-state index in [1.54, 1.807) is 0 Å². The van der Waals surface area contributed by atoms with Gasteiger partial charge in [0.1, 0.15) is 22.8 Å². The molecule has 0 bridgehead atoms. The molecule has 1 saturated heterocycles. The highest BCUT2D eigenvalue weighted by Crippen LogP contribution is 2.28. The van der Waals surface area contributed by atoms with Crippen LogP contribution in [-0.4, -0.2) is 59.5 Å². The molecular weight excluding hydrogens is 458 g/mol. The molecule has 2 aromatic carbocycles. The van der Waals surface area contributed by atoms with E-state index in [-0.39, 0.29) is 18.8 Å². The van der Waals surface area contributed by atoms with Crippen LogP contribution in [0.3, 0.4) is 0 Å². The molecule has 0 amide bonds. The van der Waals surface area contributed by atoms with Gasteiger partial charge in [-0.25, -0.2) is 0 Å². The molecule has 1 fully saturated rings. The lowest BCUT2D eigenvalue weighted by Crippen LogP contribution is -2.38. The molecule has 0 spiro atoms. The number of piperidine rings is 1. The molecule has 0 radical (unpaired) electrons. The summed E-state index contributed by atoms with van der Waals surface area (Å²) in [6.07, 6.45) is 2.85. The summed E-state index contributed by atoms with van der Waals surface area (Å²) in [6, 6.07) is 12.7. The molecule has 0 saturated carbocycles. The molecule has 0 atom stereocenters. The largest absolute Gasteiger partial charge is 0.493 e. The van der Waals surface area contributed by atoms with Gasteiger partial charge in [-0.2, -0.15) is 4.98 Å². The van der Waals surface area contributed by atoms with Gasteiger partial charge in [-0.3, -0.25) is 4.90 Å².